The Morgan fingerprint density at radius 1 is 1.12 bits per heavy atom. The molecule has 0 N–H and O–H groups in total. The highest BCUT2D eigenvalue weighted by molar-refractivity contribution is 5.82. The van der Waals surface area contributed by atoms with E-state index in [1.165, 1.54) is 24.0 Å². The van der Waals surface area contributed by atoms with Gasteiger partial charge in [-0.25, -0.2) is 0 Å². The molecule has 4 heteroatoms. The molecule has 0 radical (unpaired) electrons. The molecule has 1 aromatic rings. The molecule has 2 fully saturated rings. The Bertz CT molecular complexity index is 614. The third kappa shape index (κ3) is 3.34. The van der Waals surface area contributed by atoms with Crippen LogP contribution in [0.1, 0.15) is 43.7 Å². The third-order valence-electron chi connectivity index (χ3n) is 6.73. The number of carbonyl (C=O) groups excluding carboxylic acids is 1. The summed E-state index contributed by atoms with van der Waals surface area (Å²) in [5.74, 6) is 0.346. The first-order valence-corrected chi connectivity index (χ1v) is 9.88. The van der Waals surface area contributed by atoms with Crippen molar-refractivity contribution in [2.45, 2.75) is 51.6 Å². The molecular formula is C21H30N2O2. The van der Waals surface area contributed by atoms with Crippen LogP contribution >= 0.6 is 0 Å². The number of piperidine rings is 1. The van der Waals surface area contributed by atoms with Crippen molar-refractivity contribution in [2.75, 3.05) is 32.8 Å². The van der Waals surface area contributed by atoms with Gasteiger partial charge in [-0.05, 0) is 55.2 Å². The van der Waals surface area contributed by atoms with E-state index in [0.717, 1.165) is 58.7 Å². The van der Waals surface area contributed by atoms with Crippen LogP contribution in [0.15, 0.2) is 24.3 Å². The molecule has 1 aromatic carbocycles. The standard InChI is InChI=1S/C21H30N2O2/c1-2-22-16-18-6-4-3-5-17(18)15-19(22)20(24)23-11-7-21(8-12-23)9-13-25-14-10-21/h3-6,19H,2,7-16H2,1H3/t19-/m0/s1. The van der Waals surface area contributed by atoms with Crippen molar-refractivity contribution in [3.05, 3.63) is 35.4 Å². The number of likely N-dealkylation sites (tertiary alicyclic amines) is 1. The number of hydrogen-bond acceptors (Lipinski definition) is 3. The molecule has 0 saturated carbocycles. The van der Waals surface area contributed by atoms with Crippen LogP contribution in [0, 0.1) is 5.41 Å². The zero-order chi connectivity index (χ0) is 17.3. The van der Waals surface area contributed by atoms with Crippen LogP contribution in [-0.4, -0.2) is 54.6 Å². The molecule has 1 amide bonds. The highest BCUT2D eigenvalue weighted by atomic mass is 16.5. The number of ether oxygens (including phenoxy) is 1. The quantitative estimate of drug-likeness (QED) is 0.828. The van der Waals surface area contributed by atoms with Gasteiger partial charge in [-0.2, -0.15) is 0 Å². The minimum absolute atomic E-state index is 0.0173. The first-order chi connectivity index (χ1) is 12.2. The summed E-state index contributed by atoms with van der Waals surface area (Å²) in [6, 6.07) is 8.61. The minimum atomic E-state index is 0.0173. The number of fused-ring (bicyclic) bond motifs is 1. The van der Waals surface area contributed by atoms with E-state index in [1.54, 1.807) is 0 Å². The molecule has 3 heterocycles. The molecule has 0 unspecified atom stereocenters. The molecule has 0 aromatic heterocycles. The predicted molar refractivity (Wildman–Crippen MR) is 98.3 cm³/mol. The van der Waals surface area contributed by atoms with Crippen molar-refractivity contribution >= 4 is 5.91 Å². The second-order valence-corrected chi connectivity index (χ2v) is 7.99. The monoisotopic (exact) mass is 342 g/mol. The fourth-order valence-electron chi connectivity index (χ4n) is 4.87. The molecule has 4 nitrogen and oxygen atoms in total. The predicted octanol–water partition coefficient (Wildman–Crippen LogP) is 2.85. The van der Waals surface area contributed by atoms with Crippen molar-refractivity contribution in [3.8, 4) is 0 Å². The van der Waals surface area contributed by atoms with Crippen LogP contribution in [0.25, 0.3) is 0 Å². The lowest BCUT2D eigenvalue weighted by Crippen LogP contribution is -2.54. The zero-order valence-corrected chi connectivity index (χ0v) is 15.4. The number of hydrogen-bond donors (Lipinski definition) is 0. The first kappa shape index (κ1) is 17.0. The molecule has 0 aliphatic carbocycles. The Balaban J connectivity index is 1.44. The number of benzene rings is 1. The van der Waals surface area contributed by atoms with Gasteiger partial charge in [0.1, 0.15) is 0 Å². The summed E-state index contributed by atoms with van der Waals surface area (Å²) in [5.41, 5.74) is 3.18. The Hall–Kier alpha value is -1.39. The van der Waals surface area contributed by atoms with E-state index < -0.39 is 0 Å². The lowest BCUT2D eigenvalue weighted by Gasteiger charge is -2.46. The van der Waals surface area contributed by atoms with Crippen LogP contribution in [0.5, 0.6) is 0 Å². The SMILES string of the molecule is CCN1Cc2ccccc2C[C@H]1C(=O)N1CCC2(CCOCC2)CC1. The molecule has 136 valence electrons. The summed E-state index contributed by atoms with van der Waals surface area (Å²) in [4.78, 5) is 17.8. The van der Waals surface area contributed by atoms with E-state index in [0.29, 0.717) is 11.3 Å². The maximum Gasteiger partial charge on any atom is 0.240 e. The van der Waals surface area contributed by atoms with Gasteiger partial charge >= 0.3 is 0 Å². The largest absolute Gasteiger partial charge is 0.381 e. The lowest BCUT2D eigenvalue weighted by molar-refractivity contribution is -0.141. The normalized spacial score (nSPS) is 26.4. The van der Waals surface area contributed by atoms with Gasteiger partial charge in [-0.3, -0.25) is 9.69 Å². The molecule has 2 saturated heterocycles. The minimum Gasteiger partial charge on any atom is -0.381 e. The van der Waals surface area contributed by atoms with Gasteiger partial charge in [0.25, 0.3) is 0 Å². The molecule has 1 spiro atoms. The first-order valence-electron chi connectivity index (χ1n) is 9.88. The number of amides is 1. The number of rotatable bonds is 2. The van der Waals surface area contributed by atoms with Crippen LogP contribution in [0.4, 0.5) is 0 Å². The van der Waals surface area contributed by atoms with E-state index in [4.69, 9.17) is 4.74 Å². The maximum absolute atomic E-state index is 13.3. The molecule has 0 bridgehead atoms. The summed E-state index contributed by atoms with van der Waals surface area (Å²) in [6.45, 7) is 7.65. The lowest BCUT2D eigenvalue weighted by atomic mass is 9.72. The topological polar surface area (TPSA) is 32.8 Å². The molecular weight excluding hydrogens is 312 g/mol. The molecule has 4 rings (SSSR count). The van der Waals surface area contributed by atoms with Crippen molar-refractivity contribution in [1.82, 2.24) is 9.80 Å². The fourth-order valence-corrected chi connectivity index (χ4v) is 4.87. The van der Waals surface area contributed by atoms with E-state index in [9.17, 15) is 4.79 Å². The van der Waals surface area contributed by atoms with Crippen LogP contribution in [-0.2, 0) is 22.5 Å². The molecule has 3 aliphatic rings. The van der Waals surface area contributed by atoms with Gasteiger partial charge in [-0.1, -0.05) is 31.2 Å². The fraction of sp³-hybridized carbons (Fsp3) is 0.667. The summed E-state index contributed by atoms with van der Waals surface area (Å²) < 4.78 is 5.54. The summed E-state index contributed by atoms with van der Waals surface area (Å²) in [6.07, 6.45) is 5.51. The van der Waals surface area contributed by atoms with Crippen LogP contribution in [0.2, 0.25) is 0 Å². The van der Waals surface area contributed by atoms with E-state index in [-0.39, 0.29) is 6.04 Å². The smallest absolute Gasteiger partial charge is 0.240 e. The Kier molecular flexibility index (Phi) is 4.83. The van der Waals surface area contributed by atoms with Crippen LogP contribution < -0.4 is 0 Å². The van der Waals surface area contributed by atoms with Crippen molar-refractivity contribution in [3.63, 3.8) is 0 Å². The molecule has 1 atom stereocenters. The molecule has 25 heavy (non-hydrogen) atoms. The van der Waals surface area contributed by atoms with Gasteiger partial charge < -0.3 is 9.64 Å². The third-order valence-corrected chi connectivity index (χ3v) is 6.73. The second kappa shape index (κ2) is 7.08. The Labute approximate surface area is 151 Å². The van der Waals surface area contributed by atoms with Gasteiger partial charge in [0.15, 0.2) is 0 Å². The van der Waals surface area contributed by atoms with Gasteiger partial charge in [0.05, 0.1) is 6.04 Å². The molecule has 3 aliphatic heterocycles. The van der Waals surface area contributed by atoms with Crippen molar-refractivity contribution in [1.29, 1.82) is 0 Å². The van der Waals surface area contributed by atoms with Gasteiger partial charge in [-0.15, -0.1) is 0 Å². The average molecular weight is 342 g/mol. The zero-order valence-electron chi connectivity index (χ0n) is 15.4. The van der Waals surface area contributed by atoms with Crippen LogP contribution in [0.3, 0.4) is 0 Å². The number of nitrogens with zero attached hydrogens (tertiary/aromatic N) is 2. The van der Waals surface area contributed by atoms with E-state index >= 15 is 0 Å². The average Bonchev–Trinajstić information content (AvgIpc) is 2.67. The summed E-state index contributed by atoms with van der Waals surface area (Å²) in [7, 11) is 0. The summed E-state index contributed by atoms with van der Waals surface area (Å²) in [5, 5.41) is 0. The Morgan fingerprint density at radius 3 is 2.48 bits per heavy atom. The maximum atomic E-state index is 13.3. The second-order valence-electron chi connectivity index (χ2n) is 7.99. The summed E-state index contributed by atoms with van der Waals surface area (Å²) >= 11 is 0. The van der Waals surface area contributed by atoms with E-state index in [1.807, 2.05) is 0 Å². The number of likely N-dealkylation sites (N-methyl/N-ethyl adjacent to an activating group) is 1. The highest BCUT2D eigenvalue weighted by Gasteiger charge is 2.40. The van der Waals surface area contributed by atoms with Crippen molar-refractivity contribution in [2.24, 2.45) is 5.41 Å². The van der Waals surface area contributed by atoms with Gasteiger partial charge in [0, 0.05) is 32.8 Å². The van der Waals surface area contributed by atoms with Gasteiger partial charge in [0.2, 0.25) is 5.91 Å². The number of carbonyl (C=O) groups is 1. The van der Waals surface area contributed by atoms with Crippen molar-refractivity contribution < 1.29 is 9.53 Å². The highest BCUT2D eigenvalue weighted by Crippen LogP contribution is 2.41. The van der Waals surface area contributed by atoms with E-state index in [2.05, 4.69) is 41.0 Å². The Morgan fingerprint density at radius 2 is 1.80 bits per heavy atom.